The molecule has 7 heteroatoms. The Labute approximate surface area is 99.7 Å². The van der Waals surface area contributed by atoms with Crippen LogP contribution in [0.25, 0.3) is 0 Å². The van der Waals surface area contributed by atoms with Crippen LogP contribution in [0.1, 0.15) is 32.0 Å². The maximum Gasteiger partial charge on any atom is 0.226 e. The highest BCUT2D eigenvalue weighted by Gasteiger charge is 2.37. The number of hydrogen-bond donors (Lipinski definition) is 3. The molecule has 2 rings (SSSR count). The molecule has 1 amide bonds. The number of piperidine rings is 1. The molecule has 0 bridgehead atoms. The van der Waals surface area contributed by atoms with Crippen molar-refractivity contribution in [3.05, 3.63) is 5.82 Å². The van der Waals surface area contributed by atoms with Gasteiger partial charge in [0.2, 0.25) is 5.91 Å². The molecule has 1 aliphatic rings. The van der Waals surface area contributed by atoms with Gasteiger partial charge in [-0.15, -0.1) is 10.2 Å². The smallest absolute Gasteiger partial charge is 0.226 e. The largest absolute Gasteiger partial charge is 0.348 e. The molecule has 0 radical (unpaired) electrons. The van der Waals surface area contributed by atoms with Crippen molar-refractivity contribution >= 4 is 5.91 Å². The molecule has 0 unspecified atom stereocenters. The van der Waals surface area contributed by atoms with Gasteiger partial charge in [0.05, 0.1) is 12.0 Å². The summed E-state index contributed by atoms with van der Waals surface area (Å²) >= 11 is 0. The highest BCUT2D eigenvalue weighted by atomic mass is 16.2. The Morgan fingerprint density at radius 1 is 1.47 bits per heavy atom. The van der Waals surface area contributed by atoms with Crippen LogP contribution in [0.3, 0.4) is 0 Å². The van der Waals surface area contributed by atoms with Gasteiger partial charge in [-0.25, -0.2) is 0 Å². The molecule has 0 aliphatic carbocycles. The average molecular weight is 238 g/mol. The van der Waals surface area contributed by atoms with Crippen molar-refractivity contribution in [3.63, 3.8) is 0 Å². The maximum absolute atomic E-state index is 12.2. The zero-order chi connectivity index (χ0) is 12.1. The standard InChI is InChI=1S/C10H18N6O/c1-2-10(3-5-11-6-4-10)9(17)12-7-8-13-15-16-14-8/h11H,2-7H2,1H3,(H,12,17)(H,13,14,15,16). The van der Waals surface area contributed by atoms with Crippen molar-refractivity contribution in [2.45, 2.75) is 32.7 Å². The number of carbonyl (C=O) groups is 1. The van der Waals surface area contributed by atoms with E-state index in [1.54, 1.807) is 0 Å². The molecule has 2 heterocycles. The molecule has 1 aliphatic heterocycles. The summed E-state index contributed by atoms with van der Waals surface area (Å²) < 4.78 is 0. The number of aromatic nitrogens is 4. The van der Waals surface area contributed by atoms with E-state index in [4.69, 9.17) is 0 Å². The van der Waals surface area contributed by atoms with Crippen molar-refractivity contribution in [2.24, 2.45) is 5.41 Å². The van der Waals surface area contributed by atoms with Gasteiger partial charge in [-0.2, -0.15) is 5.21 Å². The first-order chi connectivity index (χ1) is 8.27. The van der Waals surface area contributed by atoms with Gasteiger partial charge in [-0.1, -0.05) is 12.1 Å². The van der Waals surface area contributed by atoms with Crippen LogP contribution in [0.2, 0.25) is 0 Å². The van der Waals surface area contributed by atoms with Crippen LogP contribution >= 0.6 is 0 Å². The number of carbonyl (C=O) groups excluding carboxylic acids is 1. The van der Waals surface area contributed by atoms with Crippen molar-refractivity contribution in [1.82, 2.24) is 31.3 Å². The summed E-state index contributed by atoms with van der Waals surface area (Å²) in [4.78, 5) is 12.2. The van der Waals surface area contributed by atoms with Gasteiger partial charge in [0, 0.05) is 0 Å². The summed E-state index contributed by atoms with van der Waals surface area (Å²) in [6.45, 7) is 4.22. The fraction of sp³-hybridized carbons (Fsp3) is 0.800. The Hall–Kier alpha value is -1.50. The third-order valence-corrected chi connectivity index (χ3v) is 3.52. The summed E-state index contributed by atoms with van der Waals surface area (Å²) in [5, 5.41) is 19.6. The molecular weight excluding hydrogens is 220 g/mol. The second-order valence-corrected chi connectivity index (χ2v) is 4.39. The zero-order valence-corrected chi connectivity index (χ0v) is 9.99. The highest BCUT2D eigenvalue weighted by Crippen LogP contribution is 2.32. The number of amides is 1. The number of H-pyrrole nitrogens is 1. The predicted octanol–water partition coefficient (Wildman–Crippen LogP) is -0.404. The molecule has 3 N–H and O–H groups in total. The average Bonchev–Trinajstić information content (AvgIpc) is 2.90. The Kier molecular flexibility index (Phi) is 3.68. The van der Waals surface area contributed by atoms with Gasteiger partial charge < -0.3 is 10.6 Å². The molecule has 17 heavy (non-hydrogen) atoms. The Morgan fingerprint density at radius 2 is 2.24 bits per heavy atom. The second-order valence-electron chi connectivity index (χ2n) is 4.39. The van der Waals surface area contributed by atoms with E-state index in [0.717, 1.165) is 32.4 Å². The quantitative estimate of drug-likeness (QED) is 0.663. The normalized spacial score (nSPS) is 18.9. The van der Waals surface area contributed by atoms with Gasteiger partial charge in [0.15, 0.2) is 5.82 Å². The lowest BCUT2D eigenvalue weighted by molar-refractivity contribution is -0.133. The predicted molar refractivity (Wildman–Crippen MR) is 60.9 cm³/mol. The second kappa shape index (κ2) is 5.22. The van der Waals surface area contributed by atoms with Crippen molar-refractivity contribution in [1.29, 1.82) is 0 Å². The van der Waals surface area contributed by atoms with Gasteiger partial charge >= 0.3 is 0 Å². The SMILES string of the molecule is CCC1(C(=O)NCc2nn[nH]n2)CCNCC1. The van der Waals surface area contributed by atoms with Crippen molar-refractivity contribution < 1.29 is 4.79 Å². The molecule has 0 saturated carbocycles. The zero-order valence-electron chi connectivity index (χ0n) is 9.99. The van der Waals surface area contributed by atoms with E-state index in [-0.39, 0.29) is 11.3 Å². The van der Waals surface area contributed by atoms with E-state index in [1.165, 1.54) is 0 Å². The fourth-order valence-electron chi connectivity index (χ4n) is 2.25. The minimum atomic E-state index is -0.227. The molecule has 1 aromatic heterocycles. The topological polar surface area (TPSA) is 95.6 Å². The van der Waals surface area contributed by atoms with E-state index in [0.29, 0.717) is 12.4 Å². The van der Waals surface area contributed by atoms with Crippen LogP contribution < -0.4 is 10.6 Å². The lowest BCUT2D eigenvalue weighted by Crippen LogP contribution is -2.47. The van der Waals surface area contributed by atoms with Gasteiger partial charge in [0.1, 0.15) is 0 Å². The lowest BCUT2D eigenvalue weighted by Gasteiger charge is -2.35. The molecule has 0 atom stereocenters. The lowest BCUT2D eigenvalue weighted by atomic mass is 9.76. The van der Waals surface area contributed by atoms with Crippen LogP contribution in [0.4, 0.5) is 0 Å². The summed E-state index contributed by atoms with van der Waals surface area (Å²) in [6.07, 6.45) is 2.65. The molecule has 1 aromatic rings. The molecule has 1 fully saturated rings. The maximum atomic E-state index is 12.2. The first kappa shape index (κ1) is 12.0. The summed E-state index contributed by atoms with van der Waals surface area (Å²) in [6, 6.07) is 0. The monoisotopic (exact) mass is 238 g/mol. The summed E-state index contributed by atoms with van der Waals surface area (Å²) in [7, 11) is 0. The number of nitrogens with zero attached hydrogens (tertiary/aromatic N) is 3. The number of hydrogen-bond acceptors (Lipinski definition) is 5. The van der Waals surface area contributed by atoms with Crippen LogP contribution in [0, 0.1) is 5.41 Å². The molecular formula is C10H18N6O. The molecule has 94 valence electrons. The van der Waals surface area contributed by atoms with Crippen LogP contribution in [0.15, 0.2) is 0 Å². The number of aromatic amines is 1. The minimum absolute atomic E-state index is 0.103. The van der Waals surface area contributed by atoms with Gasteiger partial charge in [-0.3, -0.25) is 4.79 Å². The van der Waals surface area contributed by atoms with E-state index in [1.807, 2.05) is 0 Å². The van der Waals surface area contributed by atoms with Crippen LogP contribution in [-0.2, 0) is 11.3 Å². The van der Waals surface area contributed by atoms with Gasteiger partial charge in [-0.05, 0) is 32.4 Å². The minimum Gasteiger partial charge on any atom is -0.348 e. The van der Waals surface area contributed by atoms with Crippen molar-refractivity contribution in [2.75, 3.05) is 13.1 Å². The first-order valence-electron chi connectivity index (χ1n) is 5.98. The molecule has 0 aromatic carbocycles. The Morgan fingerprint density at radius 3 is 2.82 bits per heavy atom. The van der Waals surface area contributed by atoms with E-state index in [2.05, 4.69) is 38.2 Å². The van der Waals surface area contributed by atoms with Crippen LogP contribution in [0.5, 0.6) is 0 Å². The first-order valence-corrected chi connectivity index (χ1v) is 5.98. The summed E-state index contributed by atoms with van der Waals surface area (Å²) in [5.41, 5.74) is -0.227. The fourth-order valence-corrected chi connectivity index (χ4v) is 2.25. The molecule has 0 spiro atoms. The van der Waals surface area contributed by atoms with Crippen LogP contribution in [-0.4, -0.2) is 39.6 Å². The van der Waals surface area contributed by atoms with E-state index < -0.39 is 0 Å². The number of tetrazole rings is 1. The van der Waals surface area contributed by atoms with Gasteiger partial charge in [0.25, 0.3) is 0 Å². The number of rotatable bonds is 4. The third kappa shape index (κ3) is 2.60. The Balaban J connectivity index is 1.93. The van der Waals surface area contributed by atoms with E-state index >= 15 is 0 Å². The molecule has 1 saturated heterocycles. The summed E-state index contributed by atoms with van der Waals surface area (Å²) in [5.74, 6) is 0.616. The van der Waals surface area contributed by atoms with Crippen molar-refractivity contribution in [3.8, 4) is 0 Å². The Bertz CT molecular complexity index is 357. The third-order valence-electron chi connectivity index (χ3n) is 3.52. The van der Waals surface area contributed by atoms with E-state index in [9.17, 15) is 4.79 Å². The number of nitrogens with one attached hydrogen (secondary N) is 3. The molecule has 7 nitrogen and oxygen atoms in total. The highest BCUT2D eigenvalue weighted by molar-refractivity contribution is 5.82.